The number of ether oxygens (including phenoxy) is 2. The second-order valence-electron chi connectivity index (χ2n) is 6.61. The summed E-state index contributed by atoms with van der Waals surface area (Å²) in [6, 6.07) is 18.2. The second kappa shape index (κ2) is 7.15. The molecule has 1 aliphatic heterocycles. The molecule has 6 nitrogen and oxygen atoms in total. The summed E-state index contributed by atoms with van der Waals surface area (Å²) in [5, 5.41) is 14.5. The van der Waals surface area contributed by atoms with Crippen LogP contribution in [0.2, 0.25) is 0 Å². The standard InChI is InChI=1S/C22H18N4O2/c1-2-4-18-17(3-1)19(11-15-7-9-23-10-8-15)25-26-22(18)24-13-16-5-6-20-21(12-16)28-14-27-20/h1-10,12H,11,13-14H2,(H,24,26). The Balaban J connectivity index is 1.41. The van der Waals surface area contributed by atoms with Crippen LogP contribution in [0.4, 0.5) is 5.82 Å². The predicted octanol–water partition coefficient (Wildman–Crippen LogP) is 3.96. The lowest BCUT2D eigenvalue weighted by atomic mass is 10.0. The lowest BCUT2D eigenvalue weighted by Gasteiger charge is -2.11. The van der Waals surface area contributed by atoms with E-state index in [0.717, 1.165) is 51.3 Å². The maximum Gasteiger partial charge on any atom is 0.231 e. The van der Waals surface area contributed by atoms with Crippen molar-refractivity contribution < 1.29 is 9.47 Å². The highest BCUT2D eigenvalue weighted by Crippen LogP contribution is 2.33. The molecule has 4 aromatic rings. The highest BCUT2D eigenvalue weighted by molar-refractivity contribution is 5.93. The van der Waals surface area contributed by atoms with E-state index in [1.54, 1.807) is 12.4 Å². The zero-order chi connectivity index (χ0) is 18.8. The summed E-state index contributed by atoms with van der Waals surface area (Å²) in [5.41, 5.74) is 3.21. The zero-order valence-electron chi connectivity index (χ0n) is 15.1. The number of anilines is 1. The summed E-state index contributed by atoms with van der Waals surface area (Å²) in [7, 11) is 0. The van der Waals surface area contributed by atoms with Gasteiger partial charge in [0.25, 0.3) is 0 Å². The molecule has 0 saturated carbocycles. The average molecular weight is 370 g/mol. The minimum atomic E-state index is 0.279. The Kier molecular flexibility index (Phi) is 4.21. The first-order valence-corrected chi connectivity index (χ1v) is 9.12. The van der Waals surface area contributed by atoms with E-state index in [2.05, 4.69) is 32.6 Å². The lowest BCUT2D eigenvalue weighted by Crippen LogP contribution is -2.05. The molecule has 0 amide bonds. The highest BCUT2D eigenvalue weighted by Gasteiger charge is 2.14. The minimum Gasteiger partial charge on any atom is -0.454 e. The largest absolute Gasteiger partial charge is 0.454 e. The van der Waals surface area contributed by atoms with Crippen molar-refractivity contribution in [3.8, 4) is 11.5 Å². The Morgan fingerprint density at radius 2 is 1.64 bits per heavy atom. The molecule has 0 atom stereocenters. The van der Waals surface area contributed by atoms with E-state index in [1.165, 1.54) is 0 Å². The SMILES string of the molecule is c1ccc2c(NCc3ccc4c(c3)OCO4)nnc(Cc3ccncc3)c2c1. The molecule has 0 fully saturated rings. The molecule has 1 N–H and O–H groups in total. The van der Waals surface area contributed by atoms with Gasteiger partial charge in [-0.15, -0.1) is 5.10 Å². The Labute approximate surface area is 162 Å². The van der Waals surface area contributed by atoms with Crippen LogP contribution in [0.15, 0.2) is 67.0 Å². The first kappa shape index (κ1) is 16.5. The quantitative estimate of drug-likeness (QED) is 0.574. The van der Waals surface area contributed by atoms with E-state index >= 15 is 0 Å². The van der Waals surface area contributed by atoms with E-state index in [9.17, 15) is 0 Å². The number of aromatic nitrogens is 3. The van der Waals surface area contributed by atoms with E-state index < -0.39 is 0 Å². The van der Waals surface area contributed by atoms with Gasteiger partial charge in [0.15, 0.2) is 17.3 Å². The van der Waals surface area contributed by atoms with Gasteiger partial charge >= 0.3 is 0 Å². The number of hydrogen-bond acceptors (Lipinski definition) is 6. The highest BCUT2D eigenvalue weighted by atomic mass is 16.7. The number of rotatable bonds is 5. The van der Waals surface area contributed by atoms with Crippen LogP contribution in [0, 0.1) is 0 Å². The van der Waals surface area contributed by atoms with E-state index in [4.69, 9.17) is 9.47 Å². The maximum absolute atomic E-state index is 5.45. The van der Waals surface area contributed by atoms with Crippen molar-refractivity contribution in [3.05, 3.63) is 83.8 Å². The van der Waals surface area contributed by atoms with Crippen LogP contribution in [0.3, 0.4) is 0 Å². The van der Waals surface area contributed by atoms with Crippen LogP contribution in [0.1, 0.15) is 16.8 Å². The van der Waals surface area contributed by atoms with Gasteiger partial charge in [0.1, 0.15) is 0 Å². The van der Waals surface area contributed by atoms with Gasteiger partial charge < -0.3 is 14.8 Å². The van der Waals surface area contributed by atoms with Crippen LogP contribution in [-0.4, -0.2) is 22.0 Å². The molecule has 2 aromatic heterocycles. The number of pyridine rings is 1. The summed E-state index contributed by atoms with van der Waals surface area (Å²) < 4.78 is 10.8. The fourth-order valence-corrected chi connectivity index (χ4v) is 3.35. The molecule has 0 saturated heterocycles. The molecule has 28 heavy (non-hydrogen) atoms. The van der Waals surface area contributed by atoms with Gasteiger partial charge in [0.05, 0.1) is 5.69 Å². The molecule has 3 heterocycles. The third-order valence-corrected chi connectivity index (χ3v) is 4.78. The first-order chi connectivity index (χ1) is 13.9. The Bertz CT molecular complexity index is 1130. The second-order valence-corrected chi connectivity index (χ2v) is 6.61. The smallest absolute Gasteiger partial charge is 0.231 e. The summed E-state index contributed by atoms with van der Waals surface area (Å²) in [6.45, 7) is 0.903. The summed E-state index contributed by atoms with van der Waals surface area (Å²) in [4.78, 5) is 4.08. The molecule has 0 unspecified atom stereocenters. The number of fused-ring (bicyclic) bond motifs is 2. The summed E-state index contributed by atoms with van der Waals surface area (Å²) in [5.74, 6) is 2.34. The fraction of sp³-hybridized carbons (Fsp3) is 0.136. The first-order valence-electron chi connectivity index (χ1n) is 9.12. The van der Waals surface area contributed by atoms with Crippen molar-refractivity contribution in [1.29, 1.82) is 0 Å². The van der Waals surface area contributed by atoms with Gasteiger partial charge in [0.2, 0.25) is 6.79 Å². The van der Waals surface area contributed by atoms with Crippen LogP contribution >= 0.6 is 0 Å². The summed E-state index contributed by atoms with van der Waals surface area (Å²) >= 11 is 0. The zero-order valence-corrected chi connectivity index (χ0v) is 15.1. The molecule has 2 aromatic carbocycles. The molecule has 1 aliphatic rings. The van der Waals surface area contributed by atoms with Crippen LogP contribution < -0.4 is 14.8 Å². The van der Waals surface area contributed by atoms with E-state index in [0.29, 0.717) is 6.54 Å². The van der Waals surface area contributed by atoms with Crippen molar-refractivity contribution in [2.24, 2.45) is 0 Å². The van der Waals surface area contributed by atoms with Crippen LogP contribution in [0.5, 0.6) is 11.5 Å². The molecule has 6 heteroatoms. The molecule has 0 spiro atoms. The van der Waals surface area contributed by atoms with Gasteiger partial charge in [0, 0.05) is 36.1 Å². The van der Waals surface area contributed by atoms with Gasteiger partial charge in [-0.2, -0.15) is 5.10 Å². The molecule has 5 rings (SSSR count). The van der Waals surface area contributed by atoms with Crippen molar-refractivity contribution in [3.63, 3.8) is 0 Å². The Morgan fingerprint density at radius 1 is 0.821 bits per heavy atom. The lowest BCUT2D eigenvalue weighted by molar-refractivity contribution is 0.174. The topological polar surface area (TPSA) is 69.2 Å². The Hall–Kier alpha value is -3.67. The van der Waals surface area contributed by atoms with E-state index in [1.807, 2.05) is 42.5 Å². The summed E-state index contributed by atoms with van der Waals surface area (Å²) in [6.07, 6.45) is 4.32. The van der Waals surface area contributed by atoms with Gasteiger partial charge in [-0.1, -0.05) is 30.3 Å². The molecular weight excluding hydrogens is 352 g/mol. The van der Waals surface area contributed by atoms with Gasteiger partial charge in [-0.25, -0.2) is 0 Å². The fourth-order valence-electron chi connectivity index (χ4n) is 3.35. The third-order valence-electron chi connectivity index (χ3n) is 4.78. The van der Waals surface area contributed by atoms with Crippen molar-refractivity contribution >= 4 is 16.6 Å². The average Bonchev–Trinajstić information content (AvgIpc) is 3.22. The molecule has 0 bridgehead atoms. The van der Waals surface area contributed by atoms with Gasteiger partial charge in [-0.05, 0) is 35.4 Å². The normalized spacial score (nSPS) is 12.3. The predicted molar refractivity (Wildman–Crippen MR) is 106 cm³/mol. The maximum atomic E-state index is 5.45. The van der Waals surface area contributed by atoms with Crippen LogP contribution in [0.25, 0.3) is 10.8 Å². The number of hydrogen-bond donors (Lipinski definition) is 1. The number of nitrogens with zero attached hydrogens (tertiary/aromatic N) is 3. The molecule has 0 aliphatic carbocycles. The monoisotopic (exact) mass is 370 g/mol. The molecule has 138 valence electrons. The third kappa shape index (κ3) is 3.20. The molecular formula is C22H18N4O2. The van der Waals surface area contributed by atoms with Crippen molar-refractivity contribution in [1.82, 2.24) is 15.2 Å². The van der Waals surface area contributed by atoms with Crippen LogP contribution in [-0.2, 0) is 13.0 Å². The minimum absolute atomic E-state index is 0.279. The molecule has 0 radical (unpaired) electrons. The number of benzene rings is 2. The number of nitrogens with one attached hydrogen (secondary N) is 1. The van der Waals surface area contributed by atoms with Crippen molar-refractivity contribution in [2.45, 2.75) is 13.0 Å². The van der Waals surface area contributed by atoms with Gasteiger partial charge in [-0.3, -0.25) is 4.98 Å². The van der Waals surface area contributed by atoms with E-state index in [-0.39, 0.29) is 6.79 Å². The van der Waals surface area contributed by atoms with Crippen molar-refractivity contribution in [2.75, 3.05) is 12.1 Å². The Morgan fingerprint density at radius 3 is 2.54 bits per heavy atom.